The third-order valence-corrected chi connectivity index (χ3v) is 8.25. The molecule has 0 aliphatic carbocycles. The average molecular weight is 575 g/mol. The number of carbonyl (C=O) groups is 2. The van der Waals surface area contributed by atoms with Crippen LogP contribution in [0, 0.1) is 25.2 Å². The highest BCUT2D eigenvalue weighted by atomic mass is 32.1. The quantitative estimate of drug-likeness (QED) is 0.134. The van der Waals surface area contributed by atoms with Crippen molar-refractivity contribution in [3.05, 3.63) is 123 Å². The Morgan fingerprint density at radius 3 is 2.36 bits per heavy atom. The maximum atomic E-state index is 13.1. The monoisotopic (exact) mass is 574 g/mol. The Labute approximate surface area is 249 Å². The number of hydrazone groups is 1. The lowest BCUT2D eigenvalue weighted by Gasteiger charge is -2.24. The first-order chi connectivity index (χ1) is 20.4. The van der Waals surface area contributed by atoms with Gasteiger partial charge in [0.2, 0.25) is 0 Å². The minimum Gasteiger partial charge on any atom is -0.462 e. The molecule has 1 unspecified atom stereocenters. The molecular weight excluding hydrogens is 544 g/mol. The first kappa shape index (κ1) is 28.5. The van der Waals surface area contributed by atoms with Crippen LogP contribution in [0.5, 0.6) is 0 Å². The van der Waals surface area contributed by atoms with Gasteiger partial charge in [-0.15, -0.1) is 11.3 Å². The van der Waals surface area contributed by atoms with E-state index >= 15 is 0 Å². The number of hydrogen-bond donors (Lipinski definition) is 1. The van der Waals surface area contributed by atoms with E-state index in [9.17, 15) is 14.9 Å². The molecule has 5 rings (SSSR count). The molecule has 1 atom stereocenters. The molecule has 3 aromatic carbocycles. The van der Waals surface area contributed by atoms with Crippen molar-refractivity contribution in [1.82, 2.24) is 0 Å². The van der Waals surface area contributed by atoms with Crippen LogP contribution >= 0.6 is 11.3 Å². The van der Waals surface area contributed by atoms with E-state index in [1.165, 1.54) is 23.0 Å². The molecule has 8 heteroatoms. The van der Waals surface area contributed by atoms with Crippen molar-refractivity contribution in [1.29, 1.82) is 5.26 Å². The Balaban J connectivity index is 1.39. The molecule has 1 amide bonds. The third-order valence-electron chi connectivity index (χ3n) is 7.13. The van der Waals surface area contributed by atoms with Gasteiger partial charge in [0.1, 0.15) is 16.6 Å². The van der Waals surface area contributed by atoms with Crippen LogP contribution in [0.4, 0.5) is 10.7 Å². The summed E-state index contributed by atoms with van der Waals surface area (Å²) >= 11 is 1.28. The average Bonchev–Trinajstić information content (AvgIpc) is 3.58. The smallest absolute Gasteiger partial charge is 0.341 e. The maximum absolute atomic E-state index is 13.1. The summed E-state index contributed by atoms with van der Waals surface area (Å²) in [6, 6.07) is 30.1. The van der Waals surface area contributed by atoms with Crippen molar-refractivity contribution < 1.29 is 14.3 Å². The van der Waals surface area contributed by atoms with Gasteiger partial charge < -0.3 is 10.1 Å². The number of anilines is 2. The molecule has 1 N–H and O–H groups in total. The zero-order valence-electron chi connectivity index (χ0n) is 23.6. The molecule has 0 saturated heterocycles. The topological polar surface area (TPSA) is 94.8 Å². The molecule has 1 aromatic heterocycles. The van der Waals surface area contributed by atoms with Crippen LogP contribution in [-0.4, -0.2) is 24.2 Å². The lowest BCUT2D eigenvalue weighted by atomic mass is 9.98. The molecule has 1 aliphatic rings. The summed E-state index contributed by atoms with van der Waals surface area (Å²) in [5.74, 6) is -1.09. The molecule has 0 bridgehead atoms. The maximum Gasteiger partial charge on any atom is 0.341 e. The fraction of sp³-hybridized carbons (Fsp3) is 0.176. The van der Waals surface area contributed by atoms with Gasteiger partial charge in [-0.3, -0.25) is 9.80 Å². The van der Waals surface area contributed by atoms with E-state index in [1.54, 1.807) is 6.92 Å². The fourth-order valence-electron chi connectivity index (χ4n) is 4.86. The van der Waals surface area contributed by atoms with E-state index in [2.05, 4.69) is 29.6 Å². The summed E-state index contributed by atoms with van der Waals surface area (Å²) in [7, 11) is 0. The normalized spacial score (nSPS) is 14.7. The molecule has 7 nitrogen and oxygen atoms in total. The minimum atomic E-state index is -0.589. The predicted molar refractivity (Wildman–Crippen MR) is 168 cm³/mol. The molecule has 2 heterocycles. The summed E-state index contributed by atoms with van der Waals surface area (Å²) < 4.78 is 5.17. The van der Waals surface area contributed by atoms with Gasteiger partial charge in [-0.1, -0.05) is 72.8 Å². The van der Waals surface area contributed by atoms with Crippen LogP contribution in [0.3, 0.4) is 0 Å². The number of nitriles is 1. The Bertz CT molecular complexity index is 1700. The van der Waals surface area contributed by atoms with E-state index < -0.39 is 11.9 Å². The number of ether oxygens (including phenoxy) is 1. The molecule has 0 fully saturated rings. The van der Waals surface area contributed by atoms with Crippen LogP contribution in [0.25, 0.3) is 6.08 Å². The van der Waals surface area contributed by atoms with E-state index in [0.717, 1.165) is 33.8 Å². The number of amides is 1. The van der Waals surface area contributed by atoms with Crippen LogP contribution in [0.15, 0.2) is 95.6 Å². The molecule has 210 valence electrons. The highest BCUT2D eigenvalue weighted by Crippen LogP contribution is 2.37. The molecule has 1 aliphatic heterocycles. The molecule has 0 saturated carbocycles. The fourth-order valence-corrected chi connectivity index (χ4v) is 5.90. The van der Waals surface area contributed by atoms with Crippen molar-refractivity contribution in [2.24, 2.45) is 5.10 Å². The number of esters is 1. The predicted octanol–water partition coefficient (Wildman–Crippen LogP) is 7.44. The van der Waals surface area contributed by atoms with Gasteiger partial charge in [0, 0.05) is 11.3 Å². The highest BCUT2D eigenvalue weighted by molar-refractivity contribution is 7.16. The van der Waals surface area contributed by atoms with E-state index in [-0.39, 0.29) is 18.2 Å². The Hall–Kier alpha value is -5.00. The zero-order chi connectivity index (χ0) is 29.6. The molecule has 0 spiro atoms. The second kappa shape index (κ2) is 12.7. The first-order valence-corrected chi connectivity index (χ1v) is 14.5. The minimum absolute atomic E-state index is 0.0366. The molecular formula is C34H30N4O3S. The first-order valence-electron chi connectivity index (χ1n) is 13.7. The van der Waals surface area contributed by atoms with Gasteiger partial charge in [0.15, 0.2) is 0 Å². The van der Waals surface area contributed by atoms with Gasteiger partial charge in [0.25, 0.3) is 5.91 Å². The Kier molecular flexibility index (Phi) is 8.60. The molecule has 42 heavy (non-hydrogen) atoms. The lowest BCUT2D eigenvalue weighted by molar-refractivity contribution is -0.112. The summed E-state index contributed by atoms with van der Waals surface area (Å²) in [5, 5.41) is 19.9. The highest BCUT2D eigenvalue weighted by Gasteiger charge is 2.30. The van der Waals surface area contributed by atoms with Gasteiger partial charge in [-0.2, -0.15) is 10.4 Å². The number of nitrogens with one attached hydrogen (secondary N) is 1. The number of rotatable bonds is 8. The molecule has 4 aromatic rings. The van der Waals surface area contributed by atoms with Crippen LogP contribution in [0.1, 0.15) is 56.9 Å². The Morgan fingerprint density at radius 1 is 1.05 bits per heavy atom. The summed E-state index contributed by atoms with van der Waals surface area (Å²) in [4.78, 5) is 26.5. The standard InChI is InChI=1S/C34H30N4O3S/c1-4-41-34(40)31-22(2)23(3)42-33(31)36-32(39)27(21-35)19-24-15-17-28(18-16-24)38-30(26-13-9-6-10-14-26)20-29(37-38)25-11-7-5-8-12-25/h5-19,30H,4,20H2,1-3H3,(H,36,39)/b27-19+. The second-order valence-corrected chi connectivity index (χ2v) is 11.0. The summed E-state index contributed by atoms with van der Waals surface area (Å²) in [5.41, 5.74) is 5.86. The summed E-state index contributed by atoms with van der Waals surface area (Å²) in [6.45, 7) is 5.64. The number of hydrogen-bond acceptors (Lipinski definition) is 7. The van der Waals surface area contributed by atoms with Crippen molar-refractivity contribution in [2.45, 2.75) is 33.2 Å². The van der Waals surface area contributed by atoms with Crippen molar-refractivity contribution in [3.63, 3.8) is 0 Å². The third kappa shape index (κ3) is 6.02. The van der Waals surface area contributed by atoms with Gasteiger partial charge in [-0.25, -0.2) is 4.79 Å². The van der Waals surface area contributed by atoms with Crippen LogP contribution in [0.2, 0.25) is 0 Å². The largest absolute Gasteiger partial charge is 0.462 e. The van der Waals surface area contributed by atoms with Crippen molar-refractivity contribution in [3.8, 4) is 6.07 Å². The number of nitrogens with zero attached hydrogens (tertiary/aromatic N) is 3. The SMILES string of the molecule is CCOC(=O)c1c(NC(=O)/C(C#N)=C/c2ccc(N3N=C(c4ccccc4)CC3c3ccccc3)cc2)sc(C)c1C. The van der Waals surface area contributed by atoms with E-state index in [1.807, 2.05) is 85.6 Å². The van der Waals surface area contributed by atoms with E-state index in [4.69, 9.17) is 9.84 Å². The second-order valence-electron chi connectivity index (χ2n) is 9.81. The van der Waals surface area contributed by atoms with E-state index in [0.29, 0.717) is 16.1 Å². The Morgan fingerprint density at radius 2 is 1.71 bits per heavy atom. The van der Waals surface area contributed by atoms with Crippen molar-refractivity contribution >= 4 is 45.7 Å². The lowest BCUT2D eigenvalue weighted by Crippen LogP contribution is -2.18. The van der Waals surface area contributed by atoms with Crippen LogP contribution in [-0.2, 0) is 9.53 Å². The number of thiophene rings is 1. The number of carbonyl (C=O) groups excluding carboxylic acids is 2. The van der Waals surface area contributed by atoms with Crippen LogP contribution < -0.4 is 10.3 Å². The molecule has 0 radical (unpaired) electrons. The summed E-state index contributed by atoms with van der Waals surface area (Å²) in [6.07, 6.45) is 2.30. The number of benzene rings is 3. The van der Waals surface area contributed by atoms with Gasteiger partial charge in [0.05, 0.1) is 29.6 Å². The zero-order valence-corrected chi connectivity index (χ0v) is 24.4. The number of aryl methyl sites for hydroxylation is 1. The van der Waals surface area contributed by atoms with Crippen molar-refractivity contribution in [2.75, 3.05) is 16.9 Å². The van der Waals surface area contributed by atoms with Gasteiger partial charge in [-0.05, 0) is 61.2 Å². The van der Waals surface area contributed by atoms with Gasteiger partial charge >= 0.3 is 5.97 Å².